The zero-order valence-corrected chi connectivity index (χ0v) is 11.4. The Bertz CT molecular complexity index is 421. The maximum absolute atomic E-state index is 4.31. The van der Waals surface area contributed by atoms with Crippen LogP contribution in [0.2, 0.25) is 0 Å². The molecule has 0 atom stereocenters. The maximum atomic E-state index is 4.31. The molecule has 1 aromatic heterocycles. The lowest BCUT2D eigenvalue weighted by molar-refractivity contribution is 0.578. The smallest absolute Gasteiger partial charge is 0.105 e. The van der Waals surface area contributed by atoms with Gasteiger partial charge in [0.05, 0.1) is 0 Å². The van der Waals surface area contributed by atoms with Crippen molar-refractivity contribution in [1.29, 1.82) is 0 Å². The highest BCUT2D eigenvalue weighted by Crippen LogP contribution is 2.08. The number of hydrogen-bond donors (Lipinski definition) is 1. The summed E-state index contributed by atoms with van der Waals surface area (Å²) in [6.45, 7) is 7.29. The maximum Gasteiger partial charge on any atom is 0.105 e. The second-order valence-corrected chi connectivity index (χ2v) is 4.89. The van der Waals surface area contributed by atoms with Crippen molar-refractivity contribution in [2.75, 3.05) is 13.1 Å². The van der Waals surface area contributed by atoms with Gasteiger partial charge >= 0.3 is 0 Å². The van der Waals surface area contributed by atoms with Crippen molar-refractivity contribution in [3.63, 3.8) is 0 Å². The Kier molecular flexibility index (Phi) is 4.76. The van der Waals surface area contributed by atoms with Gasteiger partial charge < -0.3 is 9.88 Å². The van der Waals surface area contributed by atoms with E-state index in [2.05, 4.69) is 46.9 Å². The molecule has 1 aliphatic rings. The van der Waals surface area contributed by atoms with E-state index in [1.807, 2.05) is 6.20 Å². The minimum atomic E-state index is 0.998. The standard InChI is InChI=1S/C15H23N3/c1-13-11-17-14(2)18(13)10-6-9-16-12-15-7-4-3-5-8-15/h4,7-8,11,16H,3,5-6,9-10,12H2,1-2H3. The fourth-order valence-corrected chi connectivity index (χ4v) is 2.31. The second-order valence-electron chi connectivity index (χ2n) is 4.89. The third kappa shape index (κ3) is 3.57. The van der Waals surface area contributed by atoms with Gasteiger partial charge in [0.15, 0.2) is 0 Å². The summed E-state index contributed by atoms with van der Waals surface area (Å²) < 4.78 is 2.28. The molecular weight excluding hydrogens is 222 g/mol. The van der Waals surface area contributed by atoms with Crippen LogP contribution in [0.3, 0.4) is 0 Å². The number of aromatic nitrogens is 2. The van der Waals surface area contributed by atoms with Crippen LogP contribution in [0.5, 0.6) is 0 Å². The van der Waals surface area contributed by atoms with Crippen LogP contribution in [-0.4, -0.2) is 22.6 Å². The van der Waals surface area contributed by atoms with Gasteiger partial charge in [0, 0.05) is 25.0 Å². The lowest BCUT2D eigenvalue weighted by atomic mass is 10.1. The lowest BCUT2D eigenvalue weighted by Gasteiger charge is -2.10. The summed E-state index contributed by atoms with van der Waals surface area (Å²) in [6, 6.07) is 0. The van der Waals surface area contributed by atoms with Gasteiger partial charge in [-0.2, -0.15) is 0 Å². The Morgan fingerprint density at radius 3 is 2.89 bits per heavy atom. The summed E-state index contributed by atoms with van der Waals surface area (Å²) in [5.74, 6) is 1.12. The van der Waals surface area contributed by atoms with E-state index >= 15 is 0 Å². The van der Waals surface area contributed by atoms with Crippen molar-refractivity contribution in [3.05, 3.63) is 41.5 Å². The summed E-state index contributed by atoms with van der Waals surface area (Å²) in [5, 5.41) is 3.50. The molecule has 0 bridgehead atoms. The summed E-state index contributed by atoms with van der Waals surface area (Å²) >= 11 is 0. The molecule has 0 saturated heterocycles. The van der Waals surface area contributed by atoms with Crippen molar-refractivity contribution >= 4 is 0 Å². The van der Waals surface area contributed by atoms with Crippen molar-refractivity contribution in [3.8, 4) is 0 Å². The predicted molar refractivity (Wildman–Crippen MR) is 75.6 cm³/mol. The van der Waals surface area contributed by atoms with Crippen molar-refractivity contribution in [2.24, 2.45) is 0 Å². The van der Waals surface area contributed by atoms with Crippen LogP contribution in [0.15, 0.2) is 30.0 Å². The highest BCUT2D eigenvalue weighted by molar-refractivity contribution is 5.23. The minimum Gasteiger partial charge on any atom is -0.333 e. The Balaban J connectivity index is 1.64. The van der Waals surface area contributed by atoms with Gasteiger partial charge in [-0.3, -0.25) is 0 Å². The lowest BCUT2D eigenvalue weighted by Crippen LogP contribution is -2.20. The molecule has 1 aromatic rings. The molecule has 98 valence electrons. The summed E-state index contributed by atoms with van der Waals surface area (Å²) in [6.07, 6.45) is 12.3. The minimum absolute atomic E-state index is 0.998. The van der Waals surface area contributed by atoms with E-state index in [4.69, 9.17) is 0 Å². The summed E-state index contributed by atoms with van der Waals surface area (Å²) in [7, 11) is 0. The van der Waals surface area contributed by atoms with Gasteiger partial charge in [-0.05, 0) is 45.2 Å². The molecule has 18 heavy (non-hydrogen) atoms. The average Bonchev–Trinajstić information content (AvgIpc) is 2.71. The number of aryl methyl sites for hydroxylation is 2. The van der Waals surface area contributed by atoms with Crippen molar-refractivity contribution in [2.45, 2.75) is 39.7 Å². The molecule has 0 saturated carbocycles. The molecule has 0 aliphatic heterocycles. The monoisotopic (exact) mass is 245 g/mol. The van der Waals surface area contributed by atoms with Crippen LogP contribution in [0.4, 0.5) is 0 Å². The Morgan fingerprint density at radius 1 is 1.33 bits per heavy atom. The molecule has 0 unspecified atom stereocenters. The number of nitrogens with one attached hydrogen (secondary N) is 1. The normalized spacial score (nSPS) is 14.9. The molecule has 0 spiro atoms. The molecule has 3 nitrogen and oxygen atoms in total. The van der Waals surface area contributed by atoms with Crippen LogP contribution in [-0.2, 0) is 6.54 Å². The molecular formula is C15H23N3. The van der Waals surface area contributed by atoms with E-state index in [1.165, 1.54) is 24.1 Å². The fraction of sp³-hybridized carbons (Fsp3) is 0.533. The van der Waals surface area contributed by atoms with E-state index in [9.17, 15) is 0 Å². The van der Waals surface area contributed by atoms with Gasteiger partial charge in [-0.25, -0.2) is 4.98 Å². The number of imidazole rings is 1. The quantitative estimate of drug-likeness (QED) is 0.781. The molecule has 1 heterocycles. The molecule has 2 rings (SSSR count). The first-order valence-corrected chi connectivity index (χ1v) is 6.82. The first kappa shape index (κ1) is 13.1. The van der Waals surface area contributed by atoms with Crippen LogP contribution in [0.1, 0.15) is 30.8 Å². The van der Waals surface area contributed by atoms with Gasteiger partial charge in [0.25, 0.3) is 0 Å². The predicted octanol–water partition coefficient (Wildman–Crippen LogP) is 2.76. The van der Waals surface area contributed by atoms with Gasteiger partial charge in [0.2, 0.25) is 0 Å². The van der Waals surface area contributed by atoms with E-state index in [1.54, 1.807) is 0 Å². The van der Waals surface area contributed by atoms with E-state index < -0.39 is 0 Å². The summed E-state index contributed by atoms with van der Waals surface area (Å²) in [4.78, 5) is 4.31. The molecule has 3 heteroatoms. The summed E-state index contributed by atoms with van der Waals surface area (Å²) in [5.41, 5.74) is 2.68. The van der Waals surface area contributed by atoms with Crippen LogP contribution in [0, 0.1) is 13.8 Å². The third-order valence-electron chi connectivity index (χ3n) is 3.39. The number of nitrogens with zero attached hydrogens (tertiary/aromatic N) is 2. The van der Waals surface area contributed by atoms with Crippen molar-refractivity contribution < 1.29 is 0 Å². The first-order valence-electron chi connectivity index (χ1n) is 6.82. The zero-order valence-electron chi connectivity index (χ0n) is 11.4. The van der Waals surface area contributed by atoms with Gasteiger partial charge in [0.1, 0.15) is 5.82 Å². The molecule has 0 radical (unpaired) electrons. The van der Waals surface area contributed by atoms with E-state index in [0.717, 1.165) is 31.9 Å². The zero-order chi connectivity index (χ0) is 12.8. The first-order chi connectivity index (χ1) is 8.77. The number of allylic oxidation sites excluding steroid dienone is 2. The van der Waals surface area contributed by atoms with Crippen LogP contribution >= 0.6 is 0 Å². The van der Waals surface area contributed by atoms with Gasteiger partial charge in [-0.15, -0.1) is 0 Å². The van der Waals surface area contributed by atoms with Crippen molar-refractivity contribution in [1.82, 2.24) is 14.9 Å². The fourth-order valence-electron chi connectivity index (χ4n) is 2.31. The van der Waals surface area contributed by atoms with Gasteiger partial charge in [-0.1, -0.05) is 18.2 Å². The highest BCUT2D eigenvalue weighted by atomic mass is 15.1. The highest BCUT2D eigenvalue weighted by Gasteiger charge is 2.01. The largest absolute Gasteiger partial charge is 0.333 e. The van der Waals surface area contributed by atoms with E-state index in [-0.39, 0.29) is 0 Å². The number of rotatable bonds is 6. The second kappa shape index (κ2) is 6.55. The van der Waals surface area contributed by atoms with E-state index in [0.29, 0.717) is 0 Å². The Hall–Kier alpha value is -1.35. The Labute approximate surface area is 110 Å². The molecule has 0 amide bonds. The molecule has 0 aromatic carbocycles. The topological polar surface area (TPSA) is 29.9 Å². The van der Waals surface area contributed by atoms with Crippen LogP contribution in [0.25, 0.3) is 0 Å². The Morgan fingerprint density at radius 2 is 2.22 bits per heavy atom. The SMILES string of the molecule is Cc1cnc(C)n1CCCNCC1=CCCC=C1. The molecule has 1 N–H and O–H groups in total. The van der Waals surface area contributed by atoms with Crippen LogP contribution < -0.4 is 5.32 Å². The third-order valence-corrected chi connectivity index (χ3v) is 3.39. The average molecular weight is 245 g/mol. The number of hydrogen-bond acceptors (Lipinski definition) is 2. The molecule has 1 aliphatic carbocycles. The molecule has 0 fully saturated rings.